The minimum Gasteiger partial charge on any atom is -0.381 e. The standard InChI is InChI=1S/C10H14BrNO2S/c1-10(2,14)9(13)12(3)6-7-4-5-8(11)15-7/h4-5,14H,6H2,1-3H3. The largest absolute Gasteiger partial charge is 0.381 e. The summed E-state index contributed by atoms with van der Waals surface area (Å²) in [6, 6.07) is 3.91. The fraction of sp³-hybridized carbons (Fsp3) is 0.500. The maximum absolute atomic E-state index is 11.6. The van der Waals surface area contributed by atoms with Crippen molar-refractivity contribution in [1.29, 1.82) is 0 Å². The maximum Gasteiger partial charge on any atom is 0.254 e. The minimum absolute atomic E-state index is 0.271. The van der Waals surface area contributed by atoms with E-state index >= 15 is 0 Å². The number of thiophene rings is 1. The molecule has 0 saturated heterocycles. The van der Waals surface area contributed by atoms with Crippen LogP contribution in [-0.2, 0) is 11.3 Å². The number of hydrogen-bond acceptors (Lipinski definition) is 3. The molecule has 1 aromatic rings. The molecule has 0 atom stereocenters. The average Bonchev–Trinajstić information content (AvgIpc) is 2.48. The Bertz CT molecular complexity index is 357. The summed E-state index contributed by atoms with van der Waals surface area (Å²) in [7, 11) is 1.69. The van der Waals surface area contributed by atoms with Crippen LogP contribution >= 0.6 is 27.3 Å². The predicted molar refractivity (Wildman–Crippen MR) is 64.8 cm³/mol. The number of nitrogens with zero attached hydrogens (tertiary/aromatic N) is 1. The molecule has 0 saturated carbocycles. The zero-order chi connectivity index (χ0) is 11.6. The van der Waals surface area contributed by atoms with Crippen LogP contribution in [0.1, 0.15) is 18.7 Å². The van der Waals surface area contributed by atoms with Gasteiger partial charge in [-0.1, -0.05) is 0 Å². The van der Waals surface area contributed by atoms with Gasteiger partial charge in [0.15, 0.2) is 0 Å². The lowest BCUT2D eigenvalue weighted by atomic mass is 10.1. The van der Waals surface area contributed by atoms with Crippen molar-refractivity contribution in [3.63, 3.8) is 0 Å². The highest BCUT2D eigenvalue weighted by molar-refractivity contribution is 9.11. The normalized spacial score (nSPS) is 11.5. The second-order valence-electron chi connectivity index (χ2n) is 3.93. The summed E-state index contributed by atoms with van der Waals surface area (Å²) in [4.78, 5) is 14.3. The van der Waals surface area contributed by atoms with E-state index in [1.807, 2.05) is 12.1 Å². The summed E-state index contributed by atoms with van der Waals surface area (Å²) in [5, 5.41) is 9.54. The molecule has 1 heterocycles. The van der Waals surface area contributed by atoms with Crippen LogP contribution in [0.2, 0.25) is 0 Å². The Labute approximate surface area is 102 Å². The van der Waals surface area contributed by atoms with Crippen molar-refractivity contribution in [2.24, 2.45) is 0 Å². The molecule has 5 heteroatoms. The quantitative estimate of drug-likeness (QED) is 0.928. The lowest BCUT2D eigenvalue weighted by molar-refractivity contribution is -0.146. The molecule has 1 N–H and O–H groups in total. The van der Waals surface area contributed by atoms with Crippen molar-refractivity contribution >= 4 is 33.2 Å². The Morgan fingerprint density at radius 3 is 2.60 bits per heavy atom. The van der Waals surface area contributed by atoms with E-state index in [-0.39, 0.29) is 5.91 Å². The monoisotopic (exact) mass is 291 g/mol. The Morgan fingerprint density at radius 1 is 1.60 bits per heavy atom. The third-order valence-corrected chi connectivity index (χ3v) is 3.50. The van der Waals surface area contributed by atoms with Crippen LogP contribution in [-0.4, -0.2) is 28.6 Å². The van der Waals surface area contributed by atoms with E-state index in [9.17, 15) is 9.90 Å². The van der Waals surface area contributed by atoms with Crippen molar-refractivity contribution in [3.8, 4) is 0 Å². The number of amides is 1. The zero-order valence-corrected chi connectivity index (χ0v) is 11.4. The lowest BCUT2D eigenvalue weighted by Crippen LogP contribution is -2.42. The van der Waals surface area contributed by atoms with Gasteiger partial charge in [-0.2, -0.15) is 0 Å². The second kappa shape index (κ2) is 4.63. The summed E-state index contributed by atoms with van der Waals surface area (Å²) in [5.74, 6) is -0.271. The molecular formula is C10H14BrNO2S. The Morgan fingerprint density at radius 2 is 2.20 bits per heavy atom. The summed E-state index contributed by atoms with van der Waals surface area (Å²) in [6.07, 6.45) is 0. The SMILES string of the molecule is CN(Cc1ccc(Br)s1)C(=O)C(C)(C)O. The van der Waals surface area contributed by atoms with Gasteiger partial charge >= 0.3 is 0 Å². The molecule has 0 aromatic carbocycles. The van der Waals surface area contributed by atoms with Gasteiger partial charge in [0.25, 0.3) is 5.91 Å². The van der Waals surface area contributed by atoms with Gasteiger partial charge in [0.2, 0.25) is 0 Å². The highest BCUT2D eigenvalue weighted by atomic mass is 79.9. The second-order valence-corrected chi connectivity index (χ2v) is 6.47. The van der Waals surface area contributed by atoms with Gasteiger partial charge < -0.3 is 10.0 Å². The molecule has 15 heavy (non-hydrogen) atoms. The predicted octanol–water partition coefficient (Wildman–Crippen LogP) is 2.24. The van der Waals surface area contributed by atoms with Crippen molar-refractivity contribution in [2.75, 3.05) is 7.05 Å². The third-order valence-electron chi connectivity index (χ3n) is 1.89. The molecule has 0 aliphatic rings. The molecule has 3 nitrogen and oxygen atoms in total. The molecule has 0 spiro atoms. The number of halogens is 1. The Balaban J connectivity index is 2.64. The molecule has 0 fully saturated rings. The summed E-state index contributed by atoms with van der Waals surface area (Å²) < 4.78 is 1.04. The van der Waals surface area contributed by atoms with Crippen molar-refractivity contribution in [3.05, 3.63) is 20.8 Å². The molecule has 0 unspecified atom stereocenters. The first-order valence-corrected chi connectivity index (χ1v) is 6.14. The van der Waals surface area contributed by atoms with Gasteiger partial charge in [0.05, 0.1) is 10.3 Å². The first kappa shape index (κ1) is 12.7. The van der Waals surface area contributed by atoms with E-state index in [1.165, 1.54) is 18.7 Å². The number of rotatable bonds is 3. The van der Waals surface area contributed by atoms with Gasteiger partial charge in [-0.15, -0.1) is 11.3 Å². The van der Waals surface area contributed by atoms with Crippen LogP contribution < -0.4 is 0 Å². The van der Waals surface area contributed by atoms with Crippen LogP contribution in [0, 0.1) is 0 Å². The number of likely N-dealkylation sites (N-methyl/N-ethyl adjacent to an activating group) is 1. The molecule has 0 radical (unpaired) electrons. The lowest BCUT2D eigenvalue weighted by Gasteiger charge is -2.24. The molecule has 1 rings (SSSR count). The van der Waals surface area contributed by atoms with Crippen LogP contribution in [0.25, 0.3) is 0 Å². The molecule has 0 bridgehead atoms. The molecule has 1 amide bonds. The zero-order valence-electron chi connectivity index (χ0n) is 8.95. The van der Waals surface area contributed by atoms with E-state index in [0.717, 1.165) is 8.66 Å². The fourth-order valence-corrected chi connectivity index (χ4v) is 2.75. The summed E-state index contributed by atoms with van der Waals surface area (Å²) in [5.41, 5.74) is -1.30. The number of aliphatic hydroxyl groups is 1. The smallest absolute Gasteiger partial charge is 0.254 e. The minimum atomic E-state index is -1.30. The molecule has 0 aliphatic carbocycles. The first-order chi connectivity index (χ1) is 6.80. The number of hydrogen-bond donors (Lipinski definition) is 1. The number of carbonyl (C=O) groups is 1. The van der Waals surface area contributed by atoms with Crippen LogP contribution in [0.4, 0.5) is 0 Å². The van der Waals surface area contributed by atoms with Gasteiger partial charge in [-0.3, -0.25) is 4.79 Å². The van der Waals surface area contributed by atoms with Gasteiger partial charge in [0.1, 0.15) is 5.60 Å². The molecule has 1 aromatic heterocycles. The van der Waals surface area contributed by atoms with Crippen LogP contribution in [0.5, 0.6) is 0 Å². The Kier molecular flexibility index (Phi) is 3.92. The molecule has 0 aliphatic heterocycles. The Hall–Kier alpha value is -0.390. The maximum atomic E-state index is 11.6. The van der Waals surface area contributed by atoms with Crippen LogP contribution in [0.3, 0.4) is 0 Å². The topological polar surface area (TPSA) is 40.5 Å². The van der Waals surface area contributed by atoms with E-state index < -0.39 is 5.60 Å². The van der Waals surface area contributed by atoms with Crippen molar-refractivity contribution in [1.82, 2.24) is 4.90 Å². The highest BCUT2D eigenvalue weighted by Crippen LogP contribution is 2.23. The number of carbonyl (C=O) groups excluding carboxylic acids is 1. The van der Waals surface area contributed by atoms with Gasteiger partial charge in [-0.05, 0) is 41.9 Å². The van der Waals surface area contributed by atoms with E-state index in [0.29, 0.717) is 6.54 Å². The van der Waals surface area contributed by atoms with E-state index in [1.54, 1.807) is 18.4 Å². The molecule has 84 valence electrons. The van der Waals surface area contributed by atoms with E-state index in [2.05, 4.69) is 15.9 Å². The van der Waals surface area contributed by atoms with Gasteiger partial charge in [0, 0.05) is 11.9 Å². The van der Waals surface area contributed by atoms with Crippen molar-refractivity contribution < 1.29 is 9.90 Å². The first-order valence-electron chi connectivity index (χ1n) is 4.53. The highest BCUT2D eigenvalue weighted by Gasteiger charge is 2.27. The summed E-state index contributed by atoms with van der Waals surface area (Å²) in [6.45, 7) is 3.52. The van der Waals surface area contributed by atoms with Crippen molar-refractivity contribution in [2.45, 2.75) is 26.0 Å². The van der Waals surface area contributed by atoms with Gasteiger partial charge in [-0.25, -0.2) is 0 Å². The summed E-state index contributed by atoms with van der Waals surface area (Å²) >= 11 is 4.95. The molecular weight excluding hydrogens is 278 g/mol. The van der Waals surface area contributed by atoms with Crippen LogP contribution in [0.15, 0.2) is 15.9 Å². The fourth-order valence-electron chi connectivity index (χ4n) is 1.21. The third kappa shape index (κ3) is 3.59. The van der Waals surface area contributed by atoms with E-state index in [4.69, 9.17) is 0 Å². The average molecular weight is 292 g/mol.